The van der Waals surface area contributed by atoms with Crippen LogP contribution in [0.2, 0.25) is 0 Å². The molecule has 0 fully saturated rings. The molecular weight excluding hydrogens is 449 g/mol. The third-order valence-corrected chi connectivity index (χ3v) is 3.44. The van der Waals surface area contributed by atoms with E-state index < -0.39 is 65.0 Å². The highest BCUT2D eigenvalue weighted by Gasteiger charge is 2.55. The molecule has 0 aliphatic carbocycles. The average molecular weight is 460 g/mol. The molecular formula is C16H11F11O3. The molecule has 1 aromatic carbocycles. The van der Waals surface area contributed by atoms with Crippen molar-refractivity contribution < 1.29 is 62.6 Å². The van der Waals surface area contributed by atoms with Gasteiger partial charge in [-0.3, -0.25) is 0 Å². The predicted molar refractivity (Wildman–Crippen MR) is 77.0 cm³/mol. The Morgan fingerprint density at radius 3 is 1.53 bits per heavy atom. The zero-order chi connectivity index (χ0) is 23.5. The van der Waals surface area contributed by atoms with E-state index in [1.165, 1.54) is 0 Å². The molecule has 1 aromatic rings. The second kappa shape index (κ2) is 9.08. The normalized spacial score (nSPS) is 12.6. The number of rotatable bonds is 7. The number of halogens is 11. The Bertz CT molecular complexity index is 751. The lowest BCUT2D eigenvalue weighted by Crippen LogP contribution is -2.29. The fourth-order valence-corrected chi connectivity index (χ4v) is 2.29. The summed E-state index contributed by atoms with van der Waals surface area (Å²) >= 11 is 0. The fraction of sp³-hybridized carbons (Fsp3) is 0.438. The van der Waals surface area contributed by atoms with Gasteiger partial charge in [-0.1, -0.05) is 6.58 Å². The van der Waals surface area contributed by atoms with Gasteiger partial charge in [-0.2, -0.15) is 39.5 Å². The number of unbranched alkanes of at least 4 members (excludes halogenated alkanes) is 1. The molecule has 0 aliphatic heterocycles. The third-order valence-electron chi connectivity index (χ3n) is 3.44. The minimum absolute atomic E-state index is 0.0283. The molecule has 14 heteroatoms. The Morgan fingerprint density at radius 1 is 0.767 bits per heavy atom. The Balaban J connectivity index is 3.59. The Labute approximate surface area is 161 Å². The van der Waals surface area contributed by atoms with E-state index >= 15 is 0 Å². The van der Waals surface area contributed by atoms with Crippen LogP contribution in [-0.2, 0) is 28.0 Å². The summed E-state index contributed by atoms with van der Waals surface area (Å²) in [5, 5.41) is 0. The first-order valence-electron chi connectivity index (χ1n) is 7.71. The molecule has 0 saturated heterocycles. The molecule has 0 N–H and O–H groups in total. The van der Waals surface area contributed by atoms with Crippen LogP contribution in [0.25, 0.3) is 0 Å². The first kappa shape index (κ1) is 25.5. The summed E-state index contributed by atoms with van der Waals surface area (Å²) in [6.07, 6.45) is -18.1. The molecule has 0 amide bonds. The number of ether oxygens (including phenoxy) is 2. The van der Waals surface area contributed by atoms with Crippen LogP contribution in [0, 0.1) is 11.6 Å². The molecule has 0 radical (unpaired) electrons. The Hall–Kier alpha value is -2.54. The summed E-state index contributed by atoms with van der Waals surface area (Å²) < 4.78 is 154. The number of carbonyl (C=O) groups excluding carboxylic acids is 1. The van der Waals surface area contributed by atoms with Crippen LogP contribution in [0.1, 0.15) is 39.9 Å². The van der Waals surface area contributed by atoms with Gasteiger partial charge in [-0.05, 0) is 12.8 Å². The van der Waals surface area contributed by atoms with Crippen LogP contribution in [0.3, 0.4) is 0 Å². The zero-order valence-electron chi connectivity index (χ0n) is 14.5. The van der Waals surface area contributed by atoms with Gasteiger partial charge in [0.1, 0.15) is 16.7 Å². The number of hydrogen-bond donors (Lipinski definition) is 0. The maximum atomic E-state index is 14.2. The molecule has 0 aliphatic rings. The summed E-state index contributed by atoms with van der Waals surface area (Å²) in [6.45, 7) is 2.50. The number of alkyl halides is 9. The maximum Gasteiger partial charge on any atom is 0.419 e. The van der Waals surface area contributed by atoms with Crippen LogP contribution in [0.5, 0.6) is 0 Å². The lowest BCUT2D eigenvalue weighted by atomic mass is 9.94. The second-order valence-electron chi connectivity index (χ2n) is 5.50. The van der Waals surface area contributed by atoms with Crippen molar-refractivity contribution in [3.63, 3.8) is 0 Å². The predicted octanol–water partition coefficient (Wildman–Crippen LogP) is 6.12. The average Bonchev–Trinajstić information content (AvgIpc) is 2.54. The topological polar surface area (TPSA) is 35.5 Å². The fourth-order valence-electron chi connectivity index (χ4n) is 2.29. The number of carbonyl (C=O) groups is 1. The van der Waals surface area contributed by atoms with Gasteiger partial charge in [-0.15, -0.1) is 0 Å². The molecule has 0 spiro atoms. The molecule has 170 valence electrons. The van der Waals surface area contributed by atoms with Crippen molar-refractivity contribution >= 4 is 5.97 Å². The van der Waals surface area contributed by atoms with E-state index in [1.807, 2.05) is 0 Å². The lowest BCUT2D eigenvalue weighted by molar-refractivity contribution is -0.177. The SMILES string of the molecule is C=COCCCCOC(=O)c1c(F)c(C(F)(F)F)c(C(F)(F)F)c(C(F)(F)F)c1F. The minimum Gasteiger partial charge on any atom is -0.502 e. The summed E-state index contributed by atoms with van der Waals surface area (Å²) in [5.41, 5.74) is -13.1. The summed E-state index contributed by atoms with van der Waals surface area (Å²) in [4.78, 5) is 11.7. The second-order valence-corrected chi connectivity index (χ2v) is 5.50. The van der Waals surface area contributed by atoms with Gasteiger partial charge in [0.2, 0.25) is 0 Å². The van der Waals surface area contributed by atoms with Crippen LogP contribution in [0.15, 0.2) is 12.8 Å². The largest absolute Gasteiger partial charge is 0.502 e. The molecule has 0 atom stereocenters. The van der Waals surface area contributed by atoms with Gasteiger partial charge >= 0.3 is 24.5 Å². The standard InChI is InChI=1S/C16H11F11O3/c1-2-29-5-3-4-6-30-13(28)7-11(17)9(15(22,23)24)8(14(19,20)21)10(12(7)18)16(25,26)27/h2H,1,3-6H2. The van der Waals surface area contributed by atoms with E-state index in [0.29, 0.717) is 0 Å². The van der Waals surface area contributed by atoms with E-state index in [0.717, 1.165) is 6.26 Å². The Morgan fingerprint density at radius 2 is 1.17 bits per heavy atom. The van der Waals surface area contributed by atoms with Gasteiger partial charge in [0, 0.05) is 0 Å². The van der Waals surface area contributed by atoms with E-state index in [2.05, 4.69) is 16.1 Å². The third kappa shape index (κ3) is 5.75. The summed E-state index contributed by atoms with van der Waals surface area (Å²) in [7, 11) is 0. The van der Waals surface area contributed by atoms with E-state index in [4.69, 9.17) is 0 Å². The maximum absolute atomic E-state index is 14.2. The van der Waals surface area contributed by atoms with Gasteiger partial charge < -0.3 is 9.47 Å². The lowest BCUT2D eigenvalue weighted by Gasteiger charge is -2.23. The summed E-state index contributed by atoms with van der Waals surface area (Å²) in [5.74, 6) is -8.67. The number of esters is 1. The smallest absolute Gasteiger partial charge is 0.419 e. The quantitative estimate of drug-likeness (QED) is 0.213. The van der Waals surface area contributed by atoms with Gasteiger partial charge in [0.05, 0.1) is 25.0 Å². The highest BCUT2D eigenvalue weighted by atomic mass is 19.4. The van der Waals surface area contributed by atoms with Gasteiger partial charge in [-0.25, -0.2) is 13.6 Å². The van der Waals surface area contributed by atoms with Gasteiger partial charge in [0.15, 0.2) is 11.6 Å². The van der Waals surface area contributed by atoms with Crippen molar-refractivity contribution in [2.24, 2.45) is 0 Å². The number of benzene rings is 1. The first-order chi connectivity index (χ1) is 13.5. The summed E-state index contributed by atoms with van der Waals surface area (Å²) in [6, 6.07) is 0. The molecule has 0 aromatic heterocycles. The minimum atomic E-state index is -6.45. The molecule has 1 rings (SSSR count). The molecule has 0 heterocycles. The Kier molecular flexibility index (Phi) is 7.72. The van der Waals surface area contributed by atoms with E-state index in [1.54, 1.807) is 0 Å². The highest BCUT2D eigenvalue weighted by Crippen LogP contribution is 2.49. The van der Waals surface area contributed by atoms with Crippen LogP contribution >= 0.6 is 0 Å². The highest BCUT2D eigenvalue weighted by molar-refractivity contribution is 5.91. The van der Waals surface area contributed by atoms with E-state index in [-0.39, 0.29) is 19.4 Å². The van der Waals surface area contributed by atoms with Gasteiger partial charge in [0.25, 0.3) is 0 Å². The van der Waals surface area contributed by atoms with Crippen molar-refractivity contribution in [3.8, 4) is 0 Å². The molecule has 0 saturated carbocycles. The van der Waals surface area contributed by atoms with Crippen LogP contribution < -0.4 is 0 Å². The molecule has 30 heavy (non-hydrogen) atoms. The number of hydrogen-bond acceptors (Lipinski definition) is 3. The molecule has 0 unspecified atom stereocenters. The monoisotopic (exact) mass is 460 g/mol. The van der Waals surface area contributed by atoms with Crippen molar-refractivity contribution in [1.29, 1.82) is 0 Å². The molecule has 3 nitrogen and oxygen atoms in total. The van der Waals surface area contributed by atoms with Crippen molar-refractivity contribution in [3.05, 3.63) is 46.7 Å². The first-order valence-corrected chi connectivity index (χ1v) is 7.71. The zero-order valence-corrected chi connectivity index (χ0v) is 14.5. The van der Waals surface area contributed by atoms with Crippen LogP contribution in [0.4, 0.5) is 48.3 Å². The van der Waals surface area contributed by atoms with Crippen LogP contribution in [-0.4, -0.2) is 19.2 Å². The van der Waals surface area contributed by atoms with Crippen molar-refractivity contribution in [2.45, 2.75) is 31.4 Å². The molecule has 0 bridgehead atoms. The van der Waals surface area contributed by atoms with Crippen molar-refractivity contribution in [2.75, 3.05) is 13.2 Å². The van der Waals surface area contributed by atoms with Crippen molar-refractivity contribution in [1.82, 2.24) is 0 Å². The van der Waals surface area contributed by atoms with E-state index in [9.17, 15) is 53.1 Å².